The van der Waals surface area contributed by atoms with Gasteiger partial charge in [-0.05, 0) is 24.0 Å². The van der Waals surface area contributed by atoms with Crippen molar-refractivity contribution in [3.05, 3.63) is 29.8 Å². The van der Waals surface area contributed by atoms with Gasteiger partial charge < -0.3 is 5.32 Å². The normalized spacial score (nSPS) is 20.8. The second-order valence-corrected chi connectivity index (χ2v) is 3.86. The van der Waals surface area contributed by atoms with Crippen LogP contribution in [0.4, 0.5) is 5.69 Å². The van der Waals surface area contributed by atoms with E-state index in [1.54, 1.807) is 0 Å². The minimum atomic E-state index is 0.641. The highest BCUT2D eigenvalue weighted by Gasteiger charge is 2.21. The smallest absolute Gasteiger partial charge is 0.0375 e. The van der Waals surface area contributed by atoms with Gasteiger partial charge in [-0.2, -0.15) is 0 Å². The lowest BCUT2D eigenvalue weighted by molar-refractivity contribution is 0.538. The summed E-state index contributed by atoms with van der Waals surface area (Å²) in [5, 5.41) is 3.53. The second-order valence-electron chi connectivity index (χ2n) is 3.86. The van der Waals surface area contributed by atoms with E-state index in [2.05, 4.69) is 43.4 Å². The molecular formula is C11H15N. The van der Waals surface area contributed by atoms with Gasteiger partial charge in [0.05, 0.1) is 0 Å². The van der Waals surface area contributed by atoms with Gasteiger partial charge in [0.2, 0.25) is 0 Å². The van der Waals surface area contributed by atoms with Gasteiger partial charge in [0.1, 0.15) is 0 Å². The first-order valence-corrected chi connectivity index (χ1v) is 4.62. The Hall–Kier alpha value is -0.980. The molecule has 1 nitrogen and oxygen atoms in total. The zero-order chi connectivity index (χ0) is 8.55. The number of para-hydroxylation sites is 1. The average molecular weight is 161 g/mol. The Labute approximate surface area is 73.8 Å². The second kappa shape index (κ2) is 2.81. The lowest BCUT2D eigenvalue weighted by Crippen LogP contribution is -2.21. The lowest BCUT2D eigenvalue weighted by Gasteiger charge is -2.14. The Balaban J connectivity index is 2.22. The van der Waals surface area contributed by atoms with Gasteiger partial charge in [0.25, 0.3) is 0 Å². The van der Waals surface area contributed by atoms with Gasteiger partial charge in [-0.3, -0.25) is 0 Å². The van der Waals surface area contributed by atoms with Crippen molar-refractivity contribution in [2.75, 3.05) is 5.32 Å². The Morgan fingerprint density at radius 1 is 1.33 bits per heavy atom. The molecule has 0 bridgehead atoms. The topological polar surface area (TPSA) is 12.0 Å². The fraction of sp³-hybridized carbons (Fsp3) is 0.455. The number of hydrogen-bond acceptors (Lipinski definition) is 1. The molecule has 1 aromatic carbocycles. The fourth-order valence-electron chi connectivity index (χ4n) is 1.73. The molecule has 1 aliphatic rings. The van der Waals surface area contributed by atoms with E-state index in [0.29, 0.717) is 6.04 Å². The van der Waals surface area contributed by atoms with E-state index in [1.807, 2.05) is 0 Å². The zero-order valence-electron chi connectivity index (χ0n) is 7.67. The molecular weight excluding hydrogens is 146 g/mol. The molecule has 1 N–H and O–H groups in total. The van der Waals surface area contributed by atoms with Crippen LogP contribution in [-0.4, -0.2) is 6.04 Å². The summed E-state index contributed by atoms with van der Waals surface area (Å²) in [6.45, 7) is 4.53. The number of nitrogens with one attached hydrogen (secondary N) is 1. The molecule has 0 fully saturated rings. The summed E-state index contributed by atoms with van der Waals surface area (Å²) in [6, 6.07) is 9.22. The zero-order valence-corrected chi connectivity index (χ0v) is 7.67. The first-order valence-electron chi connectivity index (χ1n) is 4.62. The maximum atomic E-state index is 3.53. The molecule has 0 aromatic heterocycles. The Morgan fingerprint density at radius 2 is 2.08 bits per heavy atom. The van der Waals surface area contributed by atoms with Gasteiger partial charge in [0.15, 0.2) is 0 Å². The van der Waals surface area contributed by atoms with Gasteiger partial charge >= 0.3 is 0 Å². The van der Waals surface area contributed by atoms with Crippen LogP contribution < -0.4 is 5.32 Å². The molecule has 1 atom stereocenters. The molecule has 64 valence electrons. The predicted octanol–water partition coefficient (Wildman–Crippen LogP) is 2.68. The van der Waals surface area contributed by atoms with Gasteiger partial charge in [-0.1, -0.05) is 32.0 Å². The van der Waals surface area contributed by atoms with E-state index in [-0.39, 0.29) is 0 Å². The maximum Gasteiger partial charge on any atom is 0.0375 e. The summed E-state index contributed by atoms with van der Waals surface area (Å²) in [7, 11) is 0. The van der Waals surface area contributed by atoms with Crippen molar-refractivity contribution in [1.82, 2.24) is 0 Å². The standard InChI is InChI=1S/C11H15N/c1-8(2)11-7-9-5-3-4-6-10(9)12-11/h3-6,8,11-12H,7H2,1-2H3/t11-/m0/s1. The molecule has 0 radical (unpaired) electrons. The molecule has 0 unspecified atom stereocenters. The minimum Gasteiger partial charge on any atom is -0.381 e. The Morgan fingerprint density at radius 3 is 2.75 bits per heavy atom. The van der Waals surface area contributed by atoms with Crippen LogP contribution in [0.5, 0.6) is 0 Å². The summed E-state index contributed by atoms with van der Waals surface area (Å²) in [5.74, 6) is 0.720. The molecule has 0 aliphatic carbocycles. The molecule has 0 amide bonds. The van der Waals surface area contributed by atoms with E-state index >= 15 is 0 Å². The molecule has 2 rings (SSSR count). The Kier molecular flexibility index (Phi) is 1.80. The van der Waals surface area contributed by atoms with Gasteiger partial charge in [-0.15, -0.1) is 0 Å². The SMILES string of the molecule is CC(C)[C@@H]1Cc2ccccc2N1. The van der Waals surface area contributed by atoms with E-state index in [4.69, 9.17) is 0 Å². The number of rotatable bonds is 1. The number of fused-ring (bicyclic) bond motifs is 1. The van der Waals surface area contributed by atoms with Crippen molar-refractivity contribution in [3.63, 3.8) is 0 Å². The molecule has 1 heterocycles. The third kappa shape index (κ3) is 1.20. The van der Waals surface area contributed by atoms with Gasteiger partial charge in [0, 0.05) is 11.7 Å². The third-order valence-electron chi connectivity index (χ3n) is 2.60. The van der Waals surface area contributed by atoms with E-state index in [9.17, 15) is 0 Å². The van der Waals surface area contributed by atoms with Crippen LogP contribution in [0.25, 0.3) is 0 Å². The molecule has 1 heteroatoms. The van der Waals surface area contributed by atoms with Crippen molar-refractivity contribution >= 4 is 5.69 Å². The van der Waals surface area contributed by atoms with Crippen LogP contribution in [0.15, 0.2) is 24.3 Å². The largest absolute Gasteiger partial charge is 0.381 e. The highest BCUT2D eigenvalue weighted by atomic mass is 15.0. The van der Waals surface area contributed by atoms with E-state index < -0.39 is 0 Å². The summed E-state index contributed by atoms with van der Waals surface area (Å²) >= 11 is 0. The van der Waals surface area contributed by atoms with Crippen molar-refractivity contribution in [1.29, 1.82) is 0 Å². The van der Waals surface area contributed by atoms with Crippen molar-refractivity contribution < 1.29 is 0 Å². The van der Waals surface area contributed by atoms with Crippen LogP contribution in [0.3, 0.4) is 0 Å². The monoisotopic (exact) mass is 161 g/mol. The molecule has 0 spiro atoms. The number of benzene rings is 1. The van der Waals surface area contributed by atoms with Crippen molar-refractivity contribution in [2.24, 2.45) is 5.92 Å². The quantitative estimate of drug-likeness (QED) is 0.667. The summed E-state index contributed by atoms with van der Waals surface area (Å²) in [6.07, 6.45) is 1.19. The summed E-state index contributed by atoms with van der Waals surface area (Å²) in [4.78, 5) is 0. The minimum absolute atomic E-state index is 0.641. The third-order valence-corrected chi connectivity index (χ3v) is 2.60. The molecule has 12 heavy (non-hydrogen) atoms. The molecule has 0 saturated heterocycles. The van der Waals surface area contributed by atoms with E-state index in [0.717, 1.165) is 5.92 Å². The molecule has 1 aromatic rings. The lowest BCUT2D eigenvalue weighted by atomic mass is 10.0. The van der Waals surface area contributed by atoms with E-state index in [1.165, 1.54) is 17.7 Å². The van der Waals surface area contributed by atoms with Crippen LogP contribution in [0.1, 0.15) is 19.4 Å². The number of hydrogen-bond donors (Lipinski definition) is 1. The van der Waals surface area contributed by atoms with Crippen LogP contribution in [-0.2, 0) is 6.42 Å². The van der Waals surface area contributed by atoms with Crippen LogP contribution in [0, 0.1) is 5.92 Å². The molecule has 0 saturated carbocycles. The highest BCUT2D eigenvalue weighted by Crippen LogP contribution is 2.28. The van der Waals surface area contributed by atoms with Crippen LogP contribution in [0.2, 0.25) is 0 Å². The number of anilines is 1. The predicted molar refractivity (Wildman–Crippen MR) is 52.4 cm³/mol. The van der Waals surface area contributed by atoms with Crippen molar-refractivity contribution in [2.45, 2.75) is 26.3 Å². The van der Waals surface area contributed by atoms with Gasteiger partial charge in [-0.25, -0.2) is 0 Å². The fourth-order valence-corrected chi connectivity index (χ4v) is 1.73. The Bertz CT molecular complexity index is 253. The maximum absolute atomic E-state index is 3.53. The highest BCUT2D eigenvalue weighted by molar-refractivity contribution is 5.56. The first-order chi connectivity index (χ1) is 5.77. The molecule has 1 aliphatic heterocycles. The summed E-state index contributed by atoms with van der Waals surface area (Å²) < 4.78 is 0. The van der Waals surface area contributed by atoms with Crippen molar-refractivity contribution in [3.8, 4) is 0 Å². The van der Waals surface area contributed by atoms with Crippen LogP contribution >= 0.6 is 0 Å². The average Bonchev–Trinajstić information content (AvgIpc) is 2.46. The first kappa shape index (κ1) is 7.66. The summed E-state index contributed by atoms with van der Waals surface area (Å²) in [5.41, 5.74) is 2.80.